The largest absolute Gasteiger partial charge is 0.496 e. The number of benzene rings is 2. The number of methoxy groups -OCH3 is 1. The van der Waals surface area contributed by atoms with E-state index in [0.29, 0.717) is 6.04 Å². The molecule has 2 aromatic heterocycles. The molecule has 4 aromatic rings. The second-order valence-corrected chi connectivity index (χ2v) is 8.64. The molecule has 1 fully saturated rings. The Kier molecular flexibility index (Phi) is 5.67. The second kappa shape index (κ2) is 8.25. The SMILES string of the molecule is C.COc1ccc2[nH]c(=O)c3sccc3c2c1-c1ccc(C(C)N2CCCC2)cc1. The Morgan fingerprint density at radius 1 is 1.07 bits per heavy atom. The van der Waals surface area contributed by atoms with Crippen molar-refractivity contribution in [2.24, 2.45) is 0 Å². The van der Waals surface area contributed by atoms with Crippen LogP contribution in [0.4, 0.5) is 0 Å². The molecule has 3 heterocycles. The summed E-state index contributed by atoms with van der Waals surface area (Å²) in [5, 5.41) is 4.00. The highest BCUT2D eigenvalue weighted by Gasteiger charge is 2.20. The first-order chi connectivity index (χ1) is 14.2. The number of aromatic amines is 1. The van der Waals surface area contributed by atoms with Crippen LogP contribution in [0.2, 0.25) is 0 Å². The molecule has 2 aromatic carbocycles. The maximum absolute atomic E-state index is 12.4. The molecule has 1 aliphatic heterocycles. The Hall–Kier alpha value is -2.63. The van der Waals surface area contributed by atoms with Gasteiger partial charge in [0.2, 0.25) is 0 Å². The number of rotatable bonds is 4. The smallest absolute Gasteiger partial charge is 0.266 e. The number of H-pyrrole nitrogens is 1. The molecule has 4 nitrogen and oxygen atoms in total. The first kappa shape index (κ1) is 20.6. The van der Waals surface area contributed by atoms with Gasteiger partial charge in [0.25, 0.3) is 5.56 Å². The first-order valence-corrected chi connectivity index (χ1v) is 11.0. The molecule has 0 saturated carbocycles. The van der Waals surface area contributed by atoms with Crippen molar-refractivity contribution in [1.82, 2.24) is 9.88 Å². The van der Waals surface area contributed by atoms with Crippen LogP contribution in [0.15, 0.2) is 52.6 Å². The van der Waals surface area contributed by atoms with Crippen molar-refractivity contribution in [3.05, 3.63) is 63.8 Å². The van der Waals surface area contributed by atoms with E-state index in [1.165, 1.54) is 42.8 Å². The summed E-state index contributed by atoms with van der Waals surface area (Å²) < 4.78 is 6.48. The lowest BCUT2D eigenvalue weighted by Gasteiger charge is -2.24. The first-order valence-electron chi connectivity index (χ1n) is 10.1. The van der Waals surface area contributed by atoms with Crippen LogP contribution in [0.25, 0.3) is 32.1 Å². The van der Waals surface area contributed by atoms with Crippen molar-refractivity contribution in [3.8, 4) is 16.9 Å². The highest BCUT2D eigenvalue weighted by atomic mass is 32.1. The fourth-order valence-electron chi connectivity index (χ4n) is 4.55. The normalized spacial score (nSPS) is 15.4. The zero-order valence-electron chi connectivity index (χ0n) is 16.7. The molecule has 1 N–H and O–H groups in total. The van der Waals surface area contributed by atoms with Crippen LogP contribution in [0, 0.1) is 0 Å². The van der Waals surface area contributed by atoms with Crippen molar-refractivity contribution >= 4 is 32.3 Å². The average molecular weight is 421 g/mol. The van der Waals surface area contributed by atoms with Gasteiger partial charge >= 0.3 is 0 Å². The van der Waals surface area contributed by atoms with Gasteiger partial charge in [-0.3, -0.25) is 9.69 Å². The van der Waals surface area contributed by atoms with Gasteiger partial charge in [0.05, 0.1) is 7.11 Å². The highest BCUT2D eigenvalue weighted by Crippen LogP contribution is 2.40. The zero-order chi connectivity index (χ0) is 20.0. The topological polar surface area (TPSA) is 45.3 Å². The van der Waals surface area contributed by atoms with Crippen molar-refractivity contribution in [2.75, 3.05) is 20.2 Å². The fraction of sp³-hybridized carbons (Fsp3) is 0.320. The predicted octanol–water partition coefficient (Wildman–Crippen LogP) is 6.21. The molecule has 0 spiro atoms. The van der Waals surface area contributed by atoms with Crippen LogP contribution in [0.5, 0.6) is 5.75 Å². The molecule has 1 unspecified atom stereocenters. The van der Waals surface area contributed by atoms with Crippen LogP contribution in [0.1, 0.15) is 38.8 Å². The van der Waals surface area contributed by atoms with Gasteiger partial charge < -0.3 is 9.72 Å². The molecule has 0 bridgehead atoms. The number of thiophene rings is 1. The maximum Gasteiger partial charge on any atom is 0.266 e. The lowest BCUT2D eigenvalue weighted by atomic mass is 9.95. The summed E-state index contributed by atoms with van der Waals surface area (Å²) in [6, 6.07) is 15.2. The lowest BCUT2D eigenvalue weighted by Crippen LogP contribution is -2.23. The quantitative estimate of drug-likeness (QED) is 0.427. The van der Waals surface area contributed by atoms with Gasteiger partial charge in [-0.2, -0.15) is 0 Å². The molecule has 30 heavy (non-hydrogen) atoms. The molecular formula is C25H28N2O2S. The predicted molar refractivity (Wildman–Crippen MR) is 128 cm³/mol. The Morgan fingerprint density at radius 3 is 2.50 bits per heavy atom. The number of pyridine rings is 1. The van der Waals surface area contributed by atoms with E-state index in [-0.39, 0.29) is 13.0 Å². The lowest BCUT2D eigenvalue weighted by molar-refractivity contribution is 0.263. The minimum Gasteiger partial charge on any atom is -0.496 e. The van der Waals surface area contributed by atoms with Gasteiger partial charge in [-0.25, -0.2) is 0 Å². The van der Waals surface area contributed by atoms with Gasteiger partial charge in [-0.15, -0.1) is 11.3 Å². The number of hydrogen-bond donors (Lipinski definition) is 1. The van der Waals surface area contributed by atoms with Gasteiger partial charge in [-0.05, 0) is 67.6 Å². The van der Waals surface area contributed by atoms with Crippen LogP contribution >= 0.6 is 11.3 Å². The third-order valence-corrected chi connectivity index (χ3v) is 7.06. The second-order valence-electron chi connectivity index (χ2n) is 7.72. The standard InChI is InChI=1S/C24H24N2O2S.CH4/c1-15(26-12-3-4-13-26)16-5-7-17(8-6-16)21-20(28-2)10-9-19-22(21)18-11-14-29-23(18)24(27)25-19;/h5-11,14-15H,3-4,12-13H2,1-2H3,(H,25,27);1H4. The van der Waals surface area contributed by atoms with Crippen LogP contribution in [-0.2, 0) is 0 Å². The van der Waals surface area contributed by atoms with E-state index in [4.69, 9.17) is 4.74 Å². The number of hydrogen-bond acceptors (Lipinski definition) is 4. The molecule has 5 heteroatoms. The highest BCUT2D eigenvalue weighted by molar-refractivity contribution is 7.17. The van der Waals surface area contributed by atoms with Crippen molar-refractivity contribution in [1.29, 1.82) is 0 Å². The van der Waals surface area contributed by atoms with E-state index in [1.54, 1.807) is 7.11 Å². The Balaban J connectivity index is 0.00000218. The van der Waals surface area contributed by atoms with E-state index in [2.05, 4.69) is 41.1 Å². The number of aromatic nitrogens is 1. The number of fused-ring (bicyclic) bond motifs is 3. The molecule has 5 rings (SSSR count). The molecule has 0 radical (unpaired) electrons. The van der Waals surface area contributed by atoms with Gasteiger partial charge in [0, 0.05) is 27.9 Å². The van der Waals surface area contributed by atoms with Gasteiger partial charge in [0.15, 0.2) is 0 Å². The third kappa shape index (κ3) is 3.32. The van der Waals surface area contributed by atoms with Crippen molar-refractivity contribution < 1.29 is 4.74 Å². The Labute approximate surface area is 181 Å². The van der Waals surface area contributed by atoms with E-state index in [9.17, 15) is 4.79 Å². The maximum atomic E-state index is 12.4. The van der Waals surface area contributed by atoms with Crippen LogP contribution in [0.3, 0.4) is 0 Å². The summed E-state index contributed by atoms with van der Waals surface area (Å²) >= 11 is 1.48. The summed E-state index contributed by atoms with van der Waals surface area (Å²) in [5.74, 6) is 0.817. The minimum atomic E-state index is -0.0339. The number of nitrogens with zero attached hydrogens (tertiary/aromatic N) is 1. The zero-order valence-corrected chi connectivity index (χ0v) is 17.5. The summed E-state index contributed by atoms with van der Waals surface area (Å²) in [5.41, 5.74) is 4.28. The Bertz CT molecular complexity index is 1230. The molecular weight excluding hydrogens is 392 g/mol. The molecule has 0 aliphatic carbocycles. The summed E-state index contributed by atoms with van der Waals surface area (Å²) in [6.07, 6.45) is 2.59. The van der Waals surface area contributed by atoms with E-state index >= 15 is 0 Å². The molecule has 1 atom stereocenters. The van der Waals surface area contributed by atoms with Gasteiger partial charge in [-0.1, -0.05) is 31.7 Å². The van der Waals surface area contributed by atoms with E-state index in [0.717, 1.165) is 37.9 Å². The minimum absolute atomic E-state index is 0. The van der Waals surface area contributed by atoms with Crippen LogP contribution in [-0.4, -0.2) is 30.1 Å². The summed E-state index contributed by atoms with van der Waals surface area (Å²) in [4.78, 5) is 18.0. The summed E-state index contributed by atoms with van der Waals surface area (Å²) in [7, 11) is 1.70. The van der Waals surface area contributed by atoms with E-state index in [1.807, 2.05) is 23.6 Å². The number of likely N-dealkylation sites (tertiary alicyclic amines) is 1. The average Bonchev–Trinajstić information content (AvgIpc) is 3.45. The molecule has 1 aliphatic rings. The van der Waals surface area contributed by atoms with Crippen molar-refractivity contribution in [3.63, 3.8) is 0 Å². The van der Waals surface area contributed by atoms with Crippen LogP contribution < -0.4 is 10.3 Å². The summed E-state index contributed by atoms with van der Waals surface area (Å²) in [6.45, 7) is 4.66. The Morgan fingerprint density at radius 2 is 1.80 bits per heavy atom. The molecule has 1 saturated heterocycles. The molecule has 0 amide bonds. The van der Waals surface area contributed by atoms with E-state index < -0.39 is 0 Å². The fourth-order valence-corrected chi connectivity index (χ4v) is 5.35. The molecule has 156 valence electrons. The monoisotopic (exact) mass is 420 g/mol. The third-order valence-electron chi connectivity index (χ3n) is 6.15. The number of nitrogens with one attached hydrogen (secondary N) is 1. The van der Waals surface area contributed by atoms with Gasteiger partial charge in [0.1, 0.15) is 10.4 Å². The van der Waals surface area contributed by atoms with Crippen molar-refractivity contribution in [2.45, 2.75) is 33.2 Å². The number of ether oxygens (including phenoxy) is 1.